The third kappa shape index (κ3) is 4.07. The maximum Gasteiger partial charge on any atom is 0.225 e. The first-order valence-electron chi connectivity index (χ1n) is 3.63. The molecular formula is C8H12Cl2O2. The fourth-order valence-corrected chi connectivity index (χ4v) is 1.45. The van der Waals surface area contributed by atoms with Gasteiger partial charge < -0.3 is 0 Å². The van der Waals surface area contributed by atoms with Crippen molar-refractivity contribution in [2.45, 2.75) is 27.2 Å². The topological polar surface area (TPSA) is 34.1 Å². The lowest BCUT2D eigenvalue weighted by molar-refractivity contribution is -0.122. The van der Waals surface area contributed by atoms with Crippen molar-refractivity contribution in [2.24, 2.45) is 11.3 Å². The van der Waals surface area contributed by atoms with Crippen LogP contribution in [0.2, 0.25) is 0 Å². The van der Waals surface area contributed by atoms with Crippen LogP contribution in [0, 0.1) is 11.3 Å². The standard InChI is InChI=1S/C8H12Cl2O2/c1-8(2,3)5(7(10)12)4-6(9)11/h5H,4H2,1-3H3. The van der Waals surface area contributed by atoms with Crippen molar-refractivity contribution in [3.63, 3.8) is 0 Å². The Labute approximate surface area is 82.2 Å². The van der Waals surface area contributed by atoms with E-state index in [-0.39, 0.29) is 11.8 Å². The number of carbonyl (C=O) groups excluding carboxylic acids is 2. The number of hydrogen-bond acceptors (Lipinski definition) is 2. The average molecular weight is 211 g/mol. The monoisotopic (exact) mass is 210 g/mol. The first-order valence-corrected chi connectivity index (χ1v) is 4.38. The molecule has 0 rings (SSSR count). The number of rotatable bonds is 3. The van der Waals surface area contributed by atoms with Crippen molar-refractivity contribution >= 4 is 33.7 Å². The van der Waals surface area contributed by atoms with Gasteiger partial charge in [0.25, 0.3) is 0 Å². The van der Waals surface area contributed by atoms with Crippen LogP contribution in [0.4, 0.5) is 0 Å². The zero-order valence-electron chi connectivity index (χ0n) is 7.36. The summed E-state index contributed by atoms with van der Waals surface area (Å²) in [7, 11) is 0. The van der Waals surface area contributed by atoms with Gasteiger partial charge in [-0.3, -0.25) is 9.59 Å². The molecule has 0 fully saturated rings. The van der Waals surface area contributed by atoms with Crippen molar-refractivity contribution in [1.29, 1.82) is 0 Å². The summed E-state index contributed by atoms with van der Waals surface area (Å²) in [5, 5.41) is -1.03. The van der Waals surface area contributed by atoms with Gasteiger partial charge in [-0.1, -0.05) is 20.8 Å². The zero-order chi connectivity index (χ0) is 9.94. The first-order chi connectivity index (χ1) is 5.25. The van der Waals surface area contributed by atoms with Crippen LogP contribution in [-0.2, 0) is 9.59 Å². The molecule has 0 aromatic heterocycles. The van der Waals surface area contributed by atoms with Gasteiger partial charge >= 0.3 is 0 Å². The zero-order valence-corrected chi connectivity index (χ0v) is 8.87. The third-order valence-electron chi connectivity index (χ3n) is 1.68. The van der Waals surface area contributed by atoms with E-state index in [9.17, 15) is 9.59 Å². The molecule has 0 aliphatic heterocycles. The minimum atomic E-state index is -0.524. The lowest BCUT2D eigenvalue weighted by Gasteiger charge is -2.25. The van der Waals surface area contributed by atoms with Gasteiger partial charge in [0, 0.05) is 12.3 Å². The Morgan fingerprint density at radius 1 is 1.25 bits per heavy atom. The van der Waals surface area contributed by atoms with Crippen molar-refractivity contribution < 1.29 is 9.59 Å². The molecule has 0 bridgehead atoms. The highest BCUT2D eigenvalue weighted by molar-refractivity contribution is 6.66. The summed E-state index contributed by atoms with van der Waals surface area (Å²) in [6.45, 7) is 5.54. The highest BCUT2D eigenvalue weighted by Gasteiger charge is 2.31. The van der Waals surface area contributed by atoms with E-state index in [2.05, 4.69) is 0 Å². The number of halogens is 2. The average Bonchev–Trinajstić information content (AvgIpc) is 1.79. The van der Waals surface area contributed by atoms with E-state index in [1.807, 2.05) is 20.8 Å². The molecular weight excluding hydrogens is 199 g/mol. The molecule has 0 aromatic carbocycles. The van der Waals surface area contributed by atoms with E-state index in [0.29, 0.717) is 0 Å². The van der Waals surface area contributed by atoms with Crippen LogP contribution in [0.3, 0.4) is 0 Å². The van der Waals surface area contributed by atoms with E-state index in [1.165, 1.54) is 0 Å². The molecule has 2 nitrogen and oxygen atoms in total. The molecule has 0 saturated carbocycles. The highest BCUT2D eigenvalue weighted by Crippen LogP contribution is 2.31. The van der Waals surface area contributed by atoms with Crippen LogP contribution < -0.4 is 0 Å². The molecule has 0 heterocycles. The molecule has 1 unspecified atom stereocenters. The molecule has 4 heteroatoms. The summed E-state index contributed by atoms with van der Waals surface area (Å²) in [6.07, 6.45) is 0.00733. The maximum absolute atomic E-state index is 10.9. The Balaban J connectivity index is 4.46. The maximum atomic E-state index is 10.9. The second kappa shape index (κ2) is 4.24. The van der Waals surface area contributed by atoms with Crippen LogP contribution in [0.15, 0.2) is 0 Å². The molecule has 12 heavy (non-hydrogen) atoms. The molecule has 1 atom stereocenters. The number of hydrogen-bond donors (Lipinski definition) is 0. The third-order valence-corrected chi connectivity index (χ3v) is 2.10. The fourth-order valence-electron chi connectivity index (χ4n) is 0.887. The van der Waals surface area contributed by atoms with Crippen LogP contribution >= 0.6 is 23.2 Å². The van der Waals surface area contributed by atoms with Gasteiger partial charge in [0.05, 0.1) is 0 Å². The van der Waals surface area contributed by atoms with Crippen LogP contribution in [-0.4, -0.2) is 10.5 Å². The molecule has 0 aromatic rings. The highest BCUT2D eigenvalue weighted by atomic mass is 35.5. The van der Waals surface area contributed by atoms with E-state index in [1.54, 1.807) is 0 Å². The predicted molar refractivity (Wildman–Crippen MR) is 49.3 cm³/mol. The van der Waals surface area contributed by atoms with Gasteiger partial charge in [-0.15, -0.1) is 0 Å². The van der Waals surface area contributed by atoms with Gasteiger partial charge in [0.15, 0.2) is 0 Å². The fraction of sp³-hybridized carbons (Fsp3) is 0.750. The SMILES string of the molecule is CC(C)(C)C(CC(=O)Cl)C(=O)Cl. The largest absolute Gasteiger partial charge is 0.281 e. The van der Waals surface area contributed by atoms with Gasteiger partial charge in [0.2, 0.25) is 10.5 Å². The van der Waals surface area contributed by atoms with Crippen LogP contribution in [0.5, 0.6) is 0 Å². The van der Waals surface area contributed by atoms with Crippen molar-refractivity contribution in [2.75, 3.05) is 0 Å². The smallest absolute Gasteiger partial charge is 0.225 e. The summed E-state index contributed by atoms with van der Waals surface area (Å²) >= 11 is 10.5. The quantitative estimate of drug-likeness (QED) is 0.672. The van der Waals surface area contributed by atoms with Crippen LogP contribution in [0.25, 0.3) is 0 Å². The Morgan fingerprint density at radius 2 is 1.67 bits per heavy atom. The normalized spacial score (nSPS) is 14.1. The molecule has 70 valence electrons. The van der Waals surface area contributed by atoms with E-state index >= 15 is 0 Å². The van der Waals surface area contributed by atoms with Gasteiger partial charge in [-0.2, -0.15) is 0 Å². The first kappa shape index (κ1) is 11.9. The van der Waals surface area contributed by atoms with Crippen LogP contribution in [0.1, 0.15) is 27.2 Å². The molecule has 0 amide bonds. The number of carbonyl (C=O) groups is 2. The van der Waals surface area contributed by atoms with E-state index in [0.717, 1.165) is 0 Å². The minimum absolute atomic E-state index is 0.00733. The second-order valence-corrected chi connectivity index (χ2v) is 4.58. The predicted octanol–water partition coefficient (Wildman–Crippen LogP) is 2.57. The molecule has 0 aliphatic rings. The summed E-state index contributed by atoms with van der Waals surface area (Å²) in [5.74, 6) is -0.496. The van der Waals surface area contributed by atoms with Crippen molar-refractivity contribution in [1.82, 2.24) is 0 Å². The molecule has 0 spiro atoms. The molecule has 0 saturated heterocycles. The lowest BCUT2D eigenvalue weighted by atomic mass is 9.80. The Morgan fingerprint density at radius 3 is 1.75 bits per heavy atom. The Bertz CT molecular complexity index is 194. The summed E-state index contributed by atoms with van der Waals surface area (Å²) < 4.78 is 0. The minimum Gasteiger partial charge on any atom is -0.281 e. The van der Waals surface area contributed by atoms with Gasteiger partial charge in [-0.25, -0.2) is 0 Å². The van der Waals surface area contributed by atoms with Gasteiger partial charge in [-0.05, 0) is 28.6 Å². The summed E-state index contributed by atoms with van der Waals surface area (Å²) in [6, 6.07) is 0. The molecule has 0 N–H and O–H groups in total. The lowest BCUT2D eigenvalue weighted by Crippen LogP contribution is -2.27. The Hall–Kier alpha value is -0.0800. The van der Waals surface area contributed by atoms with Gasteiger partial charge in [0.1, 0.15) is 0 Å². The molecule has 0 radical (unpaired) electrons. The second-order valence-electron chi connectivity index (χ2n) is 3.78. The summed E-state index contributed by atoms with van der Waals surface area (Å²) in [5.41, 5.74) is -0.316. The van der Waals surface area contributed by atoms with E-state index < -0.39 is 16.4 Å². The van der Waals surface area contributed by atoms with E-state index in [4.69, 9.17) is 23.2 Å². The van der Waals surface area contributed by atoms with Crippen molar-refractivity contribution in [3.05, 3.63) is 0 Å². The Kier molecular flexibility index (Phi) is 4.21. The summed E-state index contributed by atoms with van der Waals surface area (Å²) in [4.78, 5) is 21.4. The molecule has 0 aliphatic carbocycles. The van der Waals surface area contributed by atoms with Crippen molar-refractivity contribution in [3.8, 4) is 0 Å².